The maximum absolute atomic E-state index is 12.3. The highest BCUT2D eigenvalue weighted by Crippen LogP contribution is 2.13. The Balaban J connectivity index is 2.11. The lowest BCUT2D eigenvalue weighted by molar-refractivity contribution is 0.0938. The molecule has 2 rings (SSSR count). The topological polar surface area (TPSA) is 58.2 Å². The quantitative estimate of drug-likeness (QED) is 0.883. The van der Waals surface area contributed by atoms with Crippen LogP contribution in [0.2, 0.25) is 0 Å². The first kappa shape index (κ1) is 16.7. The second-order valence-electron chi connectivity index (χ2n) is 5.69. The molecular weight excluding hydrogens is 288 g/mol. The van der Waals surface area contributed by atoms with Crippen LogP contribution in [0, 0.1) is 6.92 Å². The molecule has 0 radical (unpaired) electrons. The van der Waals surface area contributed by atoms with Crippen LogP contribution in [0.5, 0.6) is 0 Å². The summed E-state index contributed by atoms with van der Waals surface area (Å²) >= 11 is 0. The van der Waals surface area contributed by atoms with E-state index < -0.39 is 0 Å². The molecule has 0 saturated heterocycles. The standard InChI is InChI=1S/C19H22N2O2/c1-4-14(3)20-18(22)16-9-6-10-17(12-16)21-19(23)15-8-5-7-13(2)11-15/h5-12,14H,4H2,1-3H3,(H,20,22)(H,21,23). The Kier molecular flexibility index (Phi) is 5.52. The fourth-order valence-corrected chi connectivity index (χ4v) is 2.14. The van der Waals surface area contributed by atoms with Crippen LogP contribution in [0.3, 0.4) is 0 Å². The normalized spacial score (nSPS) is 11.6. The molecule has 2 amide bonds. The summed E-state index contributed by atoms with van der Waals surface area (Å²) in [6.45, 7) is 5.92. The fraction of sp³-hybridized carbons (Fsp3) is 0.263. The summed E-state index contributed by atoms with van der Waals surface area (Å²) in [6.07, 6.45) is 0.871. The maximum atomic E-state index is 12.3. The maximum Gasteiger partial charge on any atom is 0.255 e. The van der Waals surface area contributed by atoms with Crippen molar-refractivity contribution >= 4 is 17.5 Å². The second kappa shape index (κ2) is 7.58. The molecular formula is C19H22N2O2. The highest BCUT2D eigenvalue weighted by atomic mass is 16.2. The number of nitrogens with one attached hydrogen (secondary N) is 2. The molecule has 0 aromatic heterocycles. The van der Waals surface area contributed by atoms with Crippen molar-refractivity contribution in [3.8, 4) is 0 Å². The fourth-order valence-electron chi connectivity index (χ4n) is 2.14. The van der Waals surface area contributed by atoms with Gasteiger partial charge in [-0.3, -0.25) is 9.59 Å². The van der Waals surface area contributed by atoms with Gasteiger partial charge in [0, 0.05) is 22.9 Å². The van der Waals surface area contributed by atoms with E-state index in [1.54, 1.807) is 30.3 Å². The molecule has 0 aliphatic rings. The van der Waals surface area contributed by atoms with E-state index in [1.165, 1.54) is 0 Å². The molecule has 0 aliphatic carbocycles. The van der Waals surface area contributed by atoms with Crippen molar-refractivity contribution in [3.63, 3.8) is 0 Å². The summed E-state index contributed by atoms with van der Waals surface area (Å²) in [5.74, 6) is -0.320. The van der Waals surface area contributed by atoms with Gasteiger partial charge in [0.15, 0.2) is 0 Å². The van der Waals surface area contributed by atoms with E-state index in [1.807, 2.05) is 39.0 Å². The Labute approximate surface area is 136 Å². The van der Waals surface area contributed by atoms with E-state index in [0.717, 1.165) is 12.0 Å². The molecule has 0 fully saturated rings. The third kappa shape index (κ3) is 4.68. The molecule has 4 nitrogen and oxygen atoms in total. The third-order valence-electron chi connectivity index (χ3n) is 3.65. The smallest absolute Gasteiger partial charge is 0.255 e. The number of benzene rings is 2. The number of amides is 2. The van der Waals surface area contributed by atoms with Crippen LogP contribution in [-0.4, -0.2) is 17.9 Å². The van der Waals surface area contributed by atoms with Crippen LogP contribution in [0.4, 0.5) is 5.69 Å². The van der Waals surface area contributed by atoms with Crippen LogP contribution in [0.1, 0.15) is 46.5 Å². The van der Waals surface area contributed by atoms with Gasteiger partial charge in [0.05, 0.1) is 0 Å². The van der Waals surface area contributed by atoms with E-state index >= 15 is 0 Å². The Hall–Kier alpha value is -2.62. The number of hydrogen-bond acceptors (Lipinski definition) is 2. The Morgan fingerprint density at radius 2 is 1.65 bits per heavy atom. The minimum absolute atomic E-state index is 0.119. The first-order valence-corrected chi connectivity index (χ1v) is 7.78. The van der Waals surface area contributed by atoms with Crippen LogP contribution < -0.4 is 10.6 Å². The monoisotopic (exact) mass is 310 g/mol. The Morgan fingerprint density at radius 1 is 1.00 bits per heavy atom. The summed E-state index contributed by atoms with van der Waals surface area (Å²) in [5.41, 5.74) is 2.76. The van der Waals surface area contributed by atoms with E-state index in [9.17, 15) is 9.59 Å². The number of carbonyl (C=O) groups excluding carboxylic acids is 2. The molecule has 4 heteroatoms. The lowest BCUT2D eigenvalue weighted by atomic mass is 10.1. The predicted molar refractivity (Wildman–Crippen MR) is 92.8 cm³/mol. The molecule has 1 atom stereocenters. The first-order chi connectivity index (χ1) is 11.0. The van der Waals surface area contributed by atoms with Gasteiger partial charge in [-0.2, -0.15) is 0 Å². The van der Waals surface area contributed by atoms with E-state index in [4.69, 9.17) is 0 Å². The van der Waals surface area contributed by atoms with Gasteiger partial charge < -0.3 is 10.6 Å². The zero-order valence-corrected chi connectivity index (χ0v) is 13.7. The largest absolute Gasteiger partial charge is 0.350 e. The molecule has 2 aromatic carbocycles. The van der Waals surface area contributed by atoms with Crippen molar-refractivity contribution in [1.82, 2.24) is 5.32 Å². The Bertz CT molecular complexity index is 710. The third-order valence-corrected chi connectivity index (χ3v) is 3.65. The molecule has 2 aromatic rings. The van der Waals surface area contributed by atoms with Crippen LogP contribution in [-0.2, 0) is 0 Å². The van der Waals surface area contributed by atoms with Crippen LogP contribution in [0.15, 0.2) is 48.5 Å². The predicted octanol–water partition coefficient (Wildman–Crippen LogP) is 3.78. The number of carbonyl (C=O) groups is 2. The van der Waals surface area contributed by atoms with Gasteiger partial charge in [0.2, 0.25) is 0 Å². The SMILES string of the molecule is CCC(C)NC(=O)c1cccc(NC(=O)c2cccc(C)c2)c1. The van der Waals surface area contributed by atoms with Gasteiger partial charge in [0.25, 0.3) is 11.8 Å². The number of hydrogen-bond donors (Lipinski definition) is 2. The van der Waals surface area contributed by atoms with Crippen molar-refractivity contribution in [2.45, 2.75) is 33.2 Å². The van der Waals surface area contributed by atoms with Crippen LogP contribution in [0.25, 0.3) is 0 Å². The lowest BCUT2D eigenvalue weighted by Crippen LogP contribution is -2.31. The summed E-state index contributed by atoms with van der Waals surface area (Å²) in [7, 11) is 0. The van der Waals surface area contributed by atoms with Gasteiger partial charge in [-0.1, -0.05) is 30.7 Å². The van der Waals surface area contributed by atoms with Crippen molar-refractivity contribution in [3.05, 3.63) is 65.2 Å². The van der Waals surface area contributed by atoms with Crippen molar-refractivity contribution < 1.29 is 9.59 Å². The van der Waals surface area contributed by atoms with Crippen molar-refractivity contribution in [2.24, 2.45) is 0 Å². The van der Waals surface area contributed by atoms with Crippen molar-refractivity contribution in [1.29, 1.82) is 0 Å². The Morgan fingerprint density at radius 3 is 2.30 bits per heavy atom. The summed E-state index contributed by atoms with van der Waals surface area (Å²) < 4.78 is 0. The molecule has 0 heterocycles. The highest BCUT2D eigenvalue weighted by Gasteiger charge is 2.11. The van der Waals surface area contributed by atoms with Gasteiger partial charge in [0.1, 0.15) is 0 Å². The molecule has 0 spiro atoms. The van der Waals surface area contributed by atoms with E-state index in [-0.39, 0.29) is 17.9 Å². The average Bonchev–Trinajstić information content (AvgIpc) is 2.54. The summed E-state index contributed by atoms with van der Waals surface area (Å²) in [5, 5.41) is 5.74. The molecule has 0 aliphatic heterocycles. The van der Waals surface area contributed by atoms with Gasteiger partial charge in [-0.15, -0.1) is 0 Å². The highest BCUT2D eigenvalue weighted by molar-refractivity contribution is 6.05. The molecule has 23 heavy (non-hydrogen) atoms. The summed E-state index contributed by atoms with van der Waals surface area (Å²) in [6, 6.07) is 14.5. The second-order valence-corrected chi connectivity index (χ2v) is 5.69. The van der Waals surface area contributed by atoms with Gasteiger partial charge in [-0.05, 0) is 50.6 Å². The minimum Gasteiger partial charge on any atom is -0.350 e. The zero-order valence-electron chi connectivity index (χ0n) is 13.7. The van der Waals surface area contributed by atoms with Crippen molar-refractivity contribution in [2.75, 3.05) is 5.32 Å². The minimum atomic E-state index is -0.187. The molecule has 1 unspecified atom stereocenters. The van der Waals surface area contributed by atoms with Crippen LogP contribution >= 0.6 is 0 Å². The van der Waals surface area contributed by atoms with Gasteiger partial charge in [-0.25, -0.2) is 0 Å². The molecule has 0 bridgehead atoms. The average molecular weight is 310 g/mol. The summed E-state index contributed by atoms with van der Waals surface area (Å²) in [4.78, 5) is 24.4. The zero-order chi connectivity index (χ0) is 16.8. The molecule has 0 saturated carbocycles. The van der Waals surface area contributed by atoms with E-state index in [0.29, 0.717) is 16.8 Å². The number of aryl methyl sites for hydroxylation is 1. The van der Waals surface area contributed by atoms with Gasteiger partial charge >= 0.3 is 0 Å². The van der Waals surface area contributed by atoms with E-state index in [2.05, 4.69) is 10.6 Å². The number of rotatable bonds is 5. The first-order valence-electron chi connectivity index (χ1n) is 7.78. The molecule has 120 valence electrons. The number of anilines is 1. The molecule has 2 N–H and O–H groups in total. The lowest BCUT2D eigenvalue weighted by Gasteiger charge is -2.12.